The van der Waals surface area contributed by atoms with Crippen molar-refractivity contribution in [3.8, 4) is 0 Å². The van der Waals surface area contributed by atoms with Gasteiger partial charge in [0, 0.05) is 6.54 Å². The zero-order chi connectivity index (χ0) is 26.4. The van der Waals surface area contributed by atoms with Gasteiger partial charge in [0.05, 0.1) is 6.04 Å². The molecule has 0 spiro atoms. The number of nitrogens with one attached hydrogen (secondary N) is 3. The summed E-state index contributed by atoms with van der Waals surface area (Å²) in [6.45, 7) is 2.32. The molecule has 10 heteroatoms. The van der Waals surface area contributed by atoms with Crippen LogP contribution in [0.4, 0.5) is 0 Å². The summed E-state index contributed by atoms with van der Waals surface area (Å²) >= 11 is 3.15. The molecular weight excluding hydrogens is 506 g/mol. The SMILES string of the molecule is CN[C@@H](C)C(=O)N[C@H](C(=O)N1CCC[C@H]1C(=O)NC1SC(SC)=NC1c1ccccc1)C1CCCCC1. The standard InChI is InChI=1S/C27H39N5O3S2/c1-17(28-2)23(33)29-22(19-13-8-5-9-14-19)26(35)32-16-10-15-20(32)24(34)31-25-21(30-27(36-3)37-25)18-11-6-4-7-12-18/h4,6-7,11-12,17,19-22,25,28H,5,8-10,13-16H2,1-3H3,(H,29,33)(H,31,34)/t17-,20-,21?,22-,25?/m0/s1. The van der Waals surface area contributed by atoms with Gasteiger partial charge in [0.15, 0.2) is 0 Å². The summed E-state index contributed by atoms with van der Waals surface area (Å²) in [6.07, 6.45) is 8.51. The van der Waals surface area contributed by atoms with E-state index in [4.69, 9.17) is 4.99 Å². The van der Waals surface area contributed by atoms with Crippen LogP contribution in [0, 0.1) is 5.92 Å². The summed E-state index contributed by atoms with van der Waals surface area (Å²) in [4.78, 5) is 46.8. The molecule has 2 heterocycles. The maximum absolute atomic E-state index is 13.9. The lowest BCUT2D eigenvalue weighted by atomic mass is 9.83. The summed E-state index contributed by atoms with van der Waals surface area (Å²) in [5.74, 6) is -0.342. The summed E-state index contributed by atoms with van der Waals surface area (Å²) in [7, 11) is 1.73. The van der Waals surface area contributed by atoms with Crippen LogP contribution in [0.15, 0.2) is 35.3 Å². The van der Waals surface area contributed by atoms with Crippen molar-refractivity contribution in [3.05, 3.63) is 35.9 Å². The van der Waals surface area contributed by atoms with Gasteiger partial charge in [-0.25, -0.2) is 0 Å². The van der Waals surface area contributed by atoms with Crippen LogP contribution in [0.3, 0.4) is 0 Å². The van der Waals surface area contributed by atoms with Crippen LogP contribution in [-0.2, 0) is 14.4 Å². The molecule has 2 unspecified atom stereocenters. The van der Waals surface area contributed by atoms with Crippen LogP contribution in [0.2, 0.25) is 0 Å². The summed E-state index contributed by atoms with van der Waals surface area (Å²) < 4.78 is 0.942. The molecule has 1 aromatic carbocycles. The van der Waals surface area contributed by atoms with Crippen LogP contribution < -0.4 is 16.0 Å². The van der Waals surface area contributed by atoms with Gasteiger partial charge >= 0.3 is 0 Å². The quantitative estimate of drug-likeness (QED) is 0.463. The maximum Gasteiger partial charge on any atom is 0.246 e. The van der Waals surface area contributed by atoms with Crippen molar-refractivity contribution in [1.29, 1.82) is 0 Å². The molecule has 2 fully saturated rings. The van der Waals surface area contributed by atoms with Gasteiger partial charge in [0.1, 0.15) is 27.9 Å². The van der Waals surface area contributed by atoms with Gasteiger partial charge in [0.2, 0.25) is 17.7 Å². The highest BCUT2D eigenvalue weighted by Crippen LogP contribution is 2.39. The number of hydrogen-bond acceptors (Lipinski definition) is 7. The van der Waals surface area contributed by atoms with E-state index in [1.807, 2.05) is 36.6 Å². The first-order chi connectivity index (χ1) is 17.9. The minimum absolute atomic E-state index is 0.101. The molecule has 1 aliphatic carbocycles. The van der Waals surface area contributed by atoms with E-state index in [2.05, 4.69) is 16.0 Å². The van der Waals surface area contributed by atoms with Gasteiger partial charge in [0.25, 0.3) is 0 Å². The van der Waals surface area contributed by atoms with E-state index in [-0.39, 0.29) is 35.1 Å². The fourth-order valence-corrected chi connectivity index (χ4v) is 7.30. The first-order valence-corrected chi connectivity index (χ1v) is 15.4. The molecular formula is C27H39N5O3S2. The second kappa shape index (κ2) is 13.2. The van der Waals surface area contributed by atoms with E-state index in [0.29, 0.717) is 13.0 Å². The predicted molar refractivity (Wildman–Crippen MR) is 151 cm³/mol. The van der Waals surface area contributed by atoms with Crippen molar-refractivity contribution in [3.63, 3.8) is 0 Å². The molecule has 2 aliphatic heterocycles. The average Bonchev–Trinajstić information content (AvgIpc) is 3.59. The molecule has 8 nitrogen and oxygen atoms in total. The first-order valence-electron chi connectivity index (χ1n) is 13.3. The van der Waals surface area contributed by atoms with Gasteiger partial charge in [-0.1, -0.05) is 61.4 Å². The van der Waals surface area contributed by atoms with E-state index in [0.717, 1.165) is 48.5 Å². The first kappa shape index (κ1) is 28.0. The smallest absolute Gasteiger partial charge is 0.246 e. The maximum atomic E-state index is 13.9. The zero-order valence-electron chi connectivity index (χ0n) is 21.9. The number of likely N-dealkylation sites (tertiary alicyclic amines) is 1. The molecule has 1 aromatic rings. The summed E-state index contributed by atoms with van der Waals surface area (Å²) in [5.41, 5.74) is 1.06. The highest BCUT2D eigenvalue weighted by atomic mass is 32.2. The number of carbonyl (C=O) groups excluding carboxylic acids is 3. The topological polar surface area (TPSA) is 103 Å². The van der Waals surface area contributed by atoms with Crippen LogP contribution in [0.25, 0.3) is 0 Å². The lowest BCUT2D eigenvalue weighted by molar-refractivity contribution is -0.143. The van der Waals surface area contributed by atoms with Crippen LogP contribution >= 0.6 is 23.5 Å². The Labute approximate surface area is 228 Å². The molecule has 4 rings (SSSR count). The second-order valence-electron chi connectivity index (χ2n) is 10.1. The van der Waals surface area contributed by atoms with Gasteiger partial charge < -0.3 is 20.9 Å². The van der Waals surface area contributed by atoms with Crippen molar-refractivity contribution in [2.75, 3.05) is 19.8 Å². The molecule has 3 amide bonds. The minimum Gasteiger partial charge on any atom is -0.343 e. The molecule has 0 radical (unpaired) electrons. The van der Waals surface area contributed by atoms with E-state index >= 15 is 0 Å². The lowest BCUT2D eigenvalue weighted by Gasteiger charge is -2.35. The second-order valence-corrected chi connectivity index (χ2v) is 12.3. The number of likely N-dealkylation sites (N-methyl/N-ethyl adjacent to an activating group) is 1. The molecule has 3 aliphatic rings. The van der Waals surface area contributed by atoms with Crippen molar-refractivity contribution in [1.82, 2.24) is 20.9 Å². The Morgan fingerprint density at radius 1 is 1.08 bits per heavy atom. The molecule has 0 bridgehead atoms. The third-order valence-electron chi connectivity index (χ3n) is 7.71. The van der Waals surface area contributed by atoms with Crippen molar-refractivity contribution < 1.29 is 14.4 Å². The number of aliphatic imine (C=N–C) groups is 1. The third-order valence-corrected chi connectivity index (χ3v) is 9.89. The number of hydrogen-bond donors (Lipinski definition) is 3. The number of carbonyl (C=O) groups is 3. The number of thioether (sulfide) groups is 2. The number of amides is 3. The monoisotopic (exact) mass is 545 g/mol. The third kappa shape index (κ3) is 6.70. The Hall–Kier alpha value is -2.04. The molecule has 202 valence electrons. The largest absolute Gasteiger partial charge is 0.343 e. The average molecular weight is 546 g/mol. The fourth-order valence-electron chi connectivity index (χ4n) is 5.47. The molecule has 1 saturated heterocycles. The van der Waals surface area contributed by atoms with Crippen LogP contribution in [0.1, 0.15) is 63.5 Å². The predicted octanol–water partition coefficient (Wildman–Crippen LogP) is 3.30. The molecule has 3 N–H and O–H groups in total. The van der Waals surface area contributed by atoms with Crippen molar-refractivity contribution in [2.45, 2.75) is 81.4 Å². The Bertz CT molecular complexity index is 986. The van der Waals surface area contributed by atoms with Gasteiger partial charge in [-0.15, -0.1) is 11.8 Å². The van der Waals surface area contributed by atoms with Gasteiger partial charge in [-0.05, 0) is 57.4 Å². The Morgan fingerprint density at radius 3 is 2.49 bits per heavy atom. The summed E-state index contributed by atoms with van der Waals surface area (Å²) in [6, 6.07) is 8.32. The Morgan fingerprint density at radius 2 is 1.81 bits per heavy atom. The van der Waals surface area contributed by atoms with E-state index in [1.54, 1.807) is 42.4 Å². The van der Waals surface area contributed by atoms with Gasteiger partial charge in [-0.2, -0.15) is 0 Å². The Kier molecular flexibility index (Phi) is 9.95. The van der Waals surface area contributed by atoms with E-state index < -0.39 is 18.1 Å². The highest BCUT2D eigenvalue weighted by Gasteiger charge is 2.42. The van der Waals surface area contributed by atoms with Gasteiger partial charge in [-0.3, -0.25) is 19.4 Å². The number of benzene rings is 1. The molecule has 0 aromatic heterocycles. The fraction of sp³-hybridized carbons (Fsp3) is 0.630. The van der Waals surface area contributed by atoms with Crippen molar-refractivity contribution >= 4 is 45.6 Å². The van der Waals surface area contributed by atoms with Crippen molar-refractivity contribution in [2.24, 2.45) is 10.9 Å². The Balaban J connectivity index is 1.48. The van der Waals surface area contributed by atoms with E-state index in [1.165, 1.54) is 0 Å². The lowest BCUT2D eigenvalue weighted by Crippen LogP contribution is -2.58. The molecule has 37 heavy (non-hydrogen) atoms. The van der Waals surface area contributed by atoms with E-state index in [9.17, 15) is 14.4 Å². The summed E-state index contributed by atoms with van der Waals surface area (Å²) in [5, 5.41) is 8.99. The normalized spacial score (nSPS) is 25.9. The minimum atomic E-state index is -0.596. The number of nitrogens with zero attached hydrogens (tertiary/aromatic N) is 2. The van der Waals surface area contributed by atoms with Crippen LogP contribution in [-0.4, -0.2) is 70.3 Å². The molecule has 5 atom stereocenters. The van der Waals surface area contributed by atoms with Crippen LogP contribution in [0.5, 0.6) is 0 Å². The molecule has 1 saturated carbocycles. The number of rotatable bonds is 8. The highest BCUT2D eigenvalue weighted by molar-refractivity contribution is 8.39. The zero-order valence-corrected chi connectivity index (χ0v) is 23.6.